The zero-order valence-electron chi connectivity index (χ0n) is 16.0. The minimum absolute atomic E-state index is 0.149. The van der Waals surface area contributed by atoms with E-state index >= 15 is 0 Å². The van der Waals surface area contributed by atoms with Gasteiger partial charge in [0.05, 0.1) is 11.9 Å². The van der Waals surface area contributed by atoms with Crippen LogP contribution in [0.3, 0.4) is 0 Å². The maximum Gasteiger partial charge on any atom is 0.256 e. The molecule has 4 nitrogen and oxygen atoms in total. The number of rotatable bonds is 6. The molecule has 3 rings (SSSR count). The number of aryl methyl sites for hydroxylation is 1. The molecule has 3 aromatic rings. The van der Waals surface area contributed by atoms with Gasteiger partial charge < -0.3 is 10.2 Å². The summed E-state index contributed by atoms with van der Waals surface area (Å²) in [6, 6.07) is 22.1. The smallest absolute Gasteiger partial charge is 0.256 e. The molecule has 0 radical (unpaired) electrons. The topological polar surface area (TPSA) is 45.2 Å². The number of benzene rings is 2. The van der Waals surface area contributed by atoms with E-state index in [1.54, 1.807) is 6.07 Å². The molecular weight excluding hydrogens is 334 g/mol. The van der Waals surface area contributed by atoms with Crippen molar-refractivity contribution in [1.82, 2.24) is 4.98 Å². The Balaban J connectivity index is 1.72. The summed E-state index contributed by atoms with van der Waals surface area (Å²) in [5.74, 6) is 0.401. The maximum atomic E-state index is 12.4. The monoisotopic (exact) mass is 359 g/mol. The quantitative estimate of drug-likeness (QED) is 0.669. The minimum Gasteiger partial charge on any atom is -0.364 e. The second-order valence-electron chi connectivity index (χ2n) is 6.93. The van der Waals surface area contributed by atoms with Crippen molar-refractivity contribution in [3.8, 4) is 0 Å². The molecule has 1 N–H and O–H groups in total. The molecule has 0 bridgehead atoms. The van der Waals surface area contributed by atoms with Crippen molar-refractivity contribution in [2.45, 2.75) is 33.4 Å². The van der Waals surface area contributed by atoms with E-state index in [4.69, 9.17) is 0 Å². The van der Waals surface area contributed by atoms with E-state index in [9.17, 15) is 4.79 Å². The number of pyridine rings is 1. The first-order valence-electron chi connectivity index (χ1n) is 9.17. The van der Waals surface area contributed by atoms with Crippen LogP contribution in [0.15, 0.2) is 72.9 Å². The highest BCUT2D eigenvalue weighted by atomic mass is 16.1. The van der Waals surface area contributed by atoms with E-state index in [0.29, 0.717) is 17.4 Å². The minimum atomic E-state index is -0.149. The molecule has 0 spiro atoms. The first kappa shape index (κ1) is 18.6. The van der Waals surface area contributed by atoms with E-state index in [0.717, 1.165) is 17.8 Å². The average Bonchev–Trinajstić information content (AvgIpc) is 2.67. The van der Waals surface area contributed by atoms with Gasteiger partial charge in [-0.3, -0.25) is 4.79 Å². The van der Waals surface area contributed by atoms with Gasteiger partial charge in [0.1, 0.15) is 5.82 Å². The van der Waals surface area contributed by atoms with Crippen molar-refractivity contribution in [3.05, 3.63) is 89.6 Å². The van der Waals surface area contributed by atoms with Gasteiger partial charge in [0.15, 0.2) is 0 Å². The van der Waals surface area contributed by atoms with Gasteiger partial charge in [0.25, 0.3) is 5.91 Å². The predicted molar refractivity (Wildman–Crippen MR) is 111 cm³/mol. The summed E-state index contributed by atoms with van der Waals surface area (Å²) in [7, 11) is 0. The van der Waals surface area contributed by atoms with Crippen LogP contribution >= 0.6 is 0 Å². The number of anilines is 2. The van der Waals surface area contributed by atoms with Crippen molar-refractivity contribution < 1.29 is 4.79 Å². The van der Waals surface area contributed by atoms with Crippen molar-refractivity contribution in [3.63, 3.8) is 0 Å². The van der Waals surface area contributed by atoms with Gasteiger partial charge >= 0.3 is 0 Å². The van der Waals surface area contributed by atoms with Gasteiger partial charge in [-0.05, 0) is 50.6 Å². The number of carbonyl (C=O) groups excluding carboxylic acids is 1. The highest BCUT2D eigenvalue weighted by molar-refractivity contribution is 6.03. The van der Waals surface area contributed by atoms with E-state index in [-0.39, 0.29) is 5.91 Å². The Morgan fingerprint density at radius 2 is 1.81 bits per heavy atom. The molecule has 0 aliphatic rings. The summed E-state index contributed by atoms with van der Waals surface area (Å²) in [6.07, 6.45) is 1.81. The zero-order chi connectivity index (χ0) is 19.2. The molecule has 0 fully saturated rings. The van der Waals surface area contributed by atoms with Crippen molar-refractivity contribution in [2.75, 3.05) is 10.2 Å². The Morgan fingerprint density at radius 1 is 1.04 bits per heavy atom. The van der Waals surface area contributed by atoms with Gasteiger partial charge in [0, 0.05) is 18.2 Å². The normalized spacial score (nSPS) is 10.7. The molecule has 0 aliphatic heterocycles. The van der Waals surface area contributed by atoms with Gasteiger partial charge in [-0.1, -0.05) is 48.0 Å². The molecular formula is C23H25N3O. The molecule has 1 amide bonds. The lowest BCUT2D eigenvalue weighted by Gasteiger charge is -2.29. The van der Waals surface area contributed by atoms with Crippen molar-refractivity contribution in [1.29, 1.82) is 0 Å². The molecule has 0 saturated carbocycles. The zero-order valence-corrected chi connectivity index (χ0v) is 16.0. The number of carbonyl (C=O) groups is 1. The first-order valence-corrected chi connectivity index (χ1v) is 9.17. The molecule has 1 heterocycles. The standard InChI is InChI=1S/C23H25N3O/c1-17(2)26(16-19-9-5-4-6-10-19)21-12-13-22(24-15-21)25-23(27)20-11-7-8-18(3)14-20/h4-15,17H,16H2,1-3H3,(H,24,25,27). The summed E-state index contributed by atoms with van der Waals surface area (Å²) in [6.45, 7) is 7.11. The van der Waals surface area contributed by atoms with E-state index in [1.165, 1.54) is 5.56 Å². The van der Waals surface area contributed by atoms with E-state index in [1.807, 2.05) is 49.5 Å². The van der Waals surface area contributed by atoms with Crippen LogP contribution in [-0.4, -0.2) is 16.9 Å². The fraction of sp³-hybridized carbons (Fsp3) is 0.217. The van der Waals surface area contributed by atoms with Gasteiger partial charge in [-0.25, -0.2) is 4.98 Å². The molecule has 0 saturated heterocycles. The second kappa shape index (κ2) is 8.49. The average molecular weight is 359 g/mol. The van der Waals surface area contributed by atoms with Crippen molar-refractivity contribution in [2.24, 2.45) is 0 Å². The summed E-state index contributed by atoms with van der Waals surface area (Å²) >= 11 is 0. The number of hydrogen-bond donors (Lipinski definition) is 1. The summed E-state index contributed by atoms with van der Waals surface area (Å²) in [4.78, 5) is 19.1. The third-order valence-electron chi connectivity index (χ3n) is 4.42. The molecule has 0 unspecified atom stereocenters. The number of amides is 1. The Morgan fingerprint density at radius 3 is 2.44 bits per heavy atom. The van der Waals surface area contributed by atoms with E-state index in [2.05, 4.69) is 53.3 Å². The summed E-state index contributed by atoms with van der Waals surface area (Å²) < 4.78 is 0. The highest BCUT2D eigenvalue weighted by Gasteiger charge is 2.13. The molecule has 4 heteroatoms. The third-order valence-corrected chi connectivity index (χ3v) is 4.42. The van der Waals surface area contributed by atoms with Crippen LogP contribution < -0.4 is 10.2 Å². The Kier molecular flexibility index (Phi) is 5.87. The first-order chi connectivity index (χ1) is 13.0. The fourth-order valence-electron chi connectivity index (χ4n) is 2.96. The number of nitrogens with zero attached hydrogens (tertiary/aromatic N) is 2. The Labute approximate surface area is 160 Å². The van der Waals surface area contributed by atoms with Gasteiger partial charge in [-0.2, -0.15) is 0 Å². The Bertz CT molecular complexity index is 889. The lowest BCUT2D eigenvalue weighted by Crippen LogP contribution is -2.30. The summed E-state index contributed by atoms with van der Waals surface area (Å²) in [5.41, 5.74) is 3.97. The van der Waals surface area contributed by atoms with Gasteiger partial charge in [-0.15, -0.1) is 0 Å². The van der Waals surface area contributed by atoms with Gasteiger partial charge in [0.2, 0.25) is 0 Å². The molecule has 138 valence electrons. The van der Waals surface area contributed by atoms with Crippen molar-refractivity contribution >= 4 is 17.4 Å². The predicted octanol–water partition coefficient (Wildman–Crippen LogP) is 5.06. The molecule has 2 aromatic carbocycles. The summed E-state index contributed by atoms with van der Waals surface area (Å²) in [5, 5.41) is 2.86. The second-order valence-corrected chi connectivity index (χ2v) is 6.93. The number of hydrogen-bond acceptors (Lipinski definition) is 3. The molecule has 1 aromatic heterocycles. The lowest BCUT2D eigenvalue weighted by molar-refractivity contribution is 0.102. The highest BCUT2D eigenvalue weighted by Crippen LogP contribution is 2.21. The SMILES string of the molecule is Cc1cccc(C(=O)Nc2ccc(N(Cc3ccccc3)C(C)C)cn2)c1. The largest absolute Gasteiger partial charge is 0.364 e. The molecule has 0 atom stereocenters. The van der Waals surface area contributed by atoms with Crippen LogP contribution in [0.1, 0.15) is 35.3 Å². The number of nitrogens with one attached hydrogen (secondary N) is 1. The molecule has 27 heavy (non-hydrogen) atoms. The van der Waals surface area contributed by atoms with Crippen LogP contribution in [0, 0.1) is 6.92 Å². The molecule has 0 aliphatic carbocycles. The van der Waals surface area contributed by atoms with E-state index < -0.39 is 0 Å². The van der Waals surface area contributed by atoms with Crippen LogP contribution in [0.4, 0.5) is 11.5 Å². The van der Waals surface area contributed by atoms with Crippen LogP contribution in [0.2, 0.25) is 0 Å². The maximum absolute atomic E-state index is 12.4. The lowest BCUT2D eigenvalue weighted by atomic mass is 10.1. The third kappa shape index (κ3) is 4.94. The van der Waals surface area contributed by atoms with Crippen LogP contribution in [0.25, 0.3) is 0 Å². The number of aromatic nitrogens is 1. The van der Waals surface area contributed by atoms with Crippen LogP contribution in [0.5, 0.6) is 0 Å². The van der Waals surface area contributed by atoms with Crippen LogP contribution in [-0.2, 0) is 6.54 Å². The fourth-order valence-corrected chi connectivity index (χ4v) is 2.96. The Hall–Kier alpha value is -3.14.